The quantitative estimate of drug-likeness (QED) is 0.817. The predicted molar refractivity (Wildman–Crippen MR) is 75.8 cm³/mol. The molecule has 0 unspecified atom stereocenters. The first-order valence-electron chi connectivity index (χ1n) is 5.51. The van der Waals surface area contributed by atoms with E-state index in [1.165, 1.54) is 10.5 Å². The van der Waals surface area contributed by atoms with Crippen molar-refractivity contribution >= 4 is 29.1 Å². The molecule has 2 rings (SSSR count). The van der Waals surface area contributed by atoms with E-state index in [-0.39, 0.29) is 0 Å². The molecule has 1 nitrogen and oxygen atoms in total. The van der Waals surface area contributed by atoms with Crippen LogP contribution in [-0.4, -0.2) is 0 Å². The van der Waals surface area contributed by atoms with Gasteiger partial charge in [-0.2, -0.15) is 0 Å². The maximum absolute atomic E-state index is 6.14. The second kappa shape index (κ2) is 5.48. The second-order valence-corrected chi connectivity index (χ2v) is 5.31. The van der Waals surface area contributed by atoms with Gasteiger partial charge in [-0.3, -0.25) is 0 Å². The van der Waals surface area contributed by atoms with Crippen molar-refractivity contribution in [2.24, 2.45) is 0 Å². The maximum atomic E-state index is 6.14. The topological polar surface area (TPSA) is 26.0 Å². The van der Waals surface area contributed by atoms with Gasteiger partial charge in [0.25, 0.3) is 0 Å². The Labute approximate surface area is 111 Å². The predicted octanol–water partition coefficient (Wildman–Crippen LogP) is 4.64. The minimum atomic E-state index is 0.695. The van der Waals surface area contributed by atoms with Crippen molar-refractivity contribution in [1.29, 1.82) is 0 Å². The summed E-state index contributed by atoms with van der Waals surface area (Å²) in [6.07, 6.45) is 1.06. The Kier molecular flexibility index (Phi) is 3.97. The summed E-state index contributed by atoms with van der Waals surface area (Å²) < 4.78 is 0. The third kappa shape index (κ3) is 3.18. The average molecular weight is 264 g/mol. The normalized spacial score (nSPS) is 10.5. The molecule has 0 aliphatic heterocycles. The third-order valence-corrected chi connectivity index (χ3v) is 4.02. The summed E-state index contributed by atoms with van der Waals surface area (Å²) in [7, 11) is 0. The van der Waals surface area contributed by atoms with E-state index in [4.69, 9.17) is 17.3 Å². The summed E-state index contributed by atoms with van der Waals surface area (Å²) in [6.45, 7) is 2.15. The van der Waals surface area contributed by atoms with Gasteiger partial charge < -0.3 is 5.73 Å². The van der Waals surface area contributed by atoms with Crippen molar-refractivity contribution in [3.05, 3.63) is 53.1 Å². The number of rotatable bonds is 3. The van der Waals surface area contributed by atoms with Gasteiger partial charge in [-0.1, -0.05) is 42.4 Å². The number of nitrogens with two attached hydrogens (primary N) is 1. The molecular formula is C14H14ClNS. The first kappa shape index (κ1) is 12.3. The molecule has 2 N–H and O–H groups in total. The van der Waals surface area contributed by atoms with Crippen LogP contribution in [0.1, 0.15) is 12.5 Å². The number of hydrogen-bond acceptors (Lipinski definition) is 2. The van der Waals surface area contributed by atoms with E-state index in [1.54, 1.807) is 17.8 Å². The van der Waals surface area contributed by atoms with Gasteiger partial charge in [0.1, 0.15) is 0 Å². The van der Waals surface area contributed by atoms with Gasteiger partial charge in [0, 0.05) is 15.5 Å². The van der Waals surface area contributed by atoms with Crippen LogP contribution in [0, 0.1) is 0 Å². The molecule has 0 aromatic heterocycles. The Morgan fingerprint density at radius 1 is 1.12 bits per heavy atom. The van der Waals surface area contributed by atoms with Crippen molar-refractivity contribution in [2.45, 2.75) is 23.1 Å². The molecule has 0 saturated carbocycles. The molecule has 3 heteroatoms. The van der Waals surface area contributed by atoms with Gasteiger partial charge in [-0.25, -0.2) is 0 Å². The van der Waals surface area contributed by atoms with Crippen molar-refractivity contribution in [1.82, 2.24) is 0 Å². The molecule has 17 heavy (non-hydrogen) atoms. The fraction of sp³-hybridized carbons (Fsp3) is 0.143. The first-order valence-corrected chi connectivity index (χ1v) is 6.70. The second-order valence-electron chi connectivity index (χ2n) is 3.79. The van der Waals surface area contributed by atoms with Gasteiger partial charge in [0.2, 0.25) is 0 Å². The fourth-order valence-corrected chi connectivity index (χ4v) is 2.64. The van der Waals surface area contributed by atoms with Gasteiger partial charge >= 0.3 is 0 Å². The zero-order valence-electron chi connectivity index (χ0n) is 9.61. The third-order valence-electron chi connectivity index (χ3n) is 2.52. The highest BCUT2D eigenvalue weighted by atomic mass is 35.5. The Bertz CT molecular complexity index is 508. The molecule has 0 atom stereocenters. The molecule has 0 amide bonds. The summed E-state index contributed by atoms with van der Waals surface area (Å²) in [5, 5.41) is 0.703. The molecule has 88 valence electrons. The maximum Gasteiger partial charge on any atom is 0.0565 e. The number of halogens is 1. The number of nitrogen functional groups attached to an aromatic ring is 1. The standard InChI is InChI=1S/C14H14ClNS/c1-2-10-3-6-12(7-4-10)17-14-8-5-11(16)9-13(14)15/h3-9H,2,16H2,1H3. The molecule has 0 spiro atoms. The molecule has 0 heterocycles. The summed E-state index contributed by atoms with van der Waals surface area (Å²) in [5.74, 6) is 0. The Hall–Kier alpha value is -1.12. The monoisotopic (exact) mass is 263 g/mol. The number of benzene rings is 2. The lowest BCUT2D eigenvalue weighted by molar-refractivity contribution is 1.13. The van der Waals surface area contributed by atoms with E-state index in [9.17, 15) is 0 Å². The Morgan fingerprint density at radius 2 is 1.82 bits per heavy atom. The lowest BCUT2D eigenvalue weighted by Crippen LogP contribution is -1.85. The number of aryl methyl sites for hydroxylation is 1. The van der Waals surface area contributed by atoms with Gasteiger partial charge in [-0.15, -0.1) is 0 Å². The van der Waals surface area contributed by atoms with E-state index >= 15 is 0 Å². The highest BCUT2D eigenvalue weighted by molar-refractivity contribution is 7.99. The number of hydrogen-bond donors (Lipinski definition) is 1. The van der Waals surface area contributed by atoms with Crippen LogP contribution in [0.15, 0.2) is 52.3 Å². The van der Waals surface area contributed by atoms with Crippen LogP contribution in [-0.2, 0) is 6.42 Å². The Morgan fingerprint density at radius 3 is 2.41 bits per heavy atom. The van der Waals surface area contributed by atoms with Crippen molar-refractivity contribution < 1.29 is 0 Å². The summed E-state index contributed by atoms with van der Waals surface area (Å²) in [6, 6.07) is 14.1. The molecule has 2 aromatic carbocycles. The minimum Gasteiger partial charge on any atom is -0.399 e. The molecule has 2 aromatic rings. The van der Waals surface area contributed by atoms with Crippen molar-refractivity contribution in [3.63, 3.8) is 0 Å². The molecule has 0 radical (unpaired) electrons. The van der Waals surface area contributed by atoms with Crippen molar-refractivity contribution in [2.75, 3.05) is 5.73 Å². The van der Waals surface area contributed by atoms with E-state index in [0.717, 1.165) is 11.3 Å². The summed E-state index contributed by atoms with van der Waals surface area (Å²) in [5.41, 5.74) is 7.71. The van der Waals surface area contributed by atoms with Gasteiger partial charge in [-0.05, 0) is 42.3 Å². The molecule has 0 bridgehead atoms. The zero-order chi connectivity index (χ0) is 12.3. The molecular weight excluding hydrogens is 250 g/mol. The van der Waals surface area contributed by atoms with E-state index in [0.29, 0.717) is 10.7 Å². The van der Waals surface area contributed by atoms with Crippen molar-refractivity contribution in [3.8, 4) is 0 Å². The molecule has 0 aliphatic carbocycles. The summed E-state index contributed by atoms with van der Waals surface area (Å²) >= 11 is 7.79. The largest absolute Gasteiger partial charge is 0.399 e. The smallest absolute Gasteiger partial charge is 0.0565 e. The van der Waals surface area contributed by atoms with E-state index in [1.807, 2.05) is 12.1 Å². The molecule has 0 saturated heterocycles. The van der Waals surface area contributed by atoms with Crippen LogP contribution >= 0.6 is 23.4 Å². The first-order chi connectivity index (χ1) is 8.19. The fourth-order valence-electron chi connectivity index (χ4n) is 1.52. The summed E-state index contributed by atoms with van der Waals surface area (Å²) in [4.78, 5) is 2.22. The highest BCUT2D eigenvalue weighted by Crippen LogP contribution is 2.34. The van der Waals surface area contributed by atoms with Crippen LogP contribution in [0.5, 0.6) is 0 Å². The van der Waals surface area contributed by atoms with E-state index in [2.05, 4.69) is 31.2 Å². The van der Waals surface area contributed by atoms with E-state index < -0.39 is 0 Å². The zero-order valence-corrected chi connectivity index (χ0v) is 11.2. The van der Waals surface area contributed by atoms with Gasteiger partial charge in [0.05, 0.1) is 5.02 Å². The SMILES string of the molecule is CCc1ccc(Sc2ccc(N)cc2Cl)cc1. The van der Waals surface area contributed by atoms with Crippen LogP contribution in [0.2, 0.25) is 5.02 Å². The number of anilines is 1. The lowest BCUT2D eigenvalue weighted by atomic mass is 10.2. The van der Waals surface area contributed by atoms with Crippen LogP contribution in [0.25, 0.3) is 0 Å². The average Bonchev–Trinajstić information content (AvgIpc) is 2.34. The molecule has 0 aliphatic rings. The minimum absolute atomic E-state index is 0.695. The van der Waals surface area contributed by atoms with Crippen LogP contribution < -0.4 is 5.73 Å². The van der Waals surface area contributed by atoms with Crippen LogP contribution in [0.4, 0.5) is 5.69 Å². The lowest BCUT2D eigenvalue weighted by Gasteiger charge is -2.05. The van der Waals surface area contributed by atoms with Gasteiger partial charge in [0.15, 0.2) is 0 Å². The Balaban J connectivity index is 2.19. The van der Waals surface area contributed by atoms with Crippen LogP contribution in [0.3, 0.4) is 0 Å². The molecule has 0 fully saturated rings. The highest BCUT2D eigenvalue weighted by Gasteiger charge is 2.03.